The molecule has 0 spiro atoms. The molecule has 10 heteroatoms. The predicted molar refractivity (Wildman–Crippen MR) is 164 cm³/mol. The number of ether oxygens (including phenoxy) is 3. The van der Waals surface area contributed by atoms with Gasteiger partial charge in [0, 0.05) is 10.2 Å². The quantitative estimate of drug-likeness (QED) is 0.192. The average molecular weight is 628 g/mol. The first kappa shape index (κ1) is 28.7. The van der Waals surface area contributed by atoms with E-state index in [0.29, 0.717) is 39.6 Å². The third-order valence-corrected chi connectivity index (χ3v) is 7.38. The molecule has 4 rings (SSSR count). The number of aryl methyl sites for hydroxylation is 1. The largest absolute Gasteiger partial charge is 0.494 e. The van der Waals surface area contributed by atoms with Crippen molar-refractivity contribution in [3.63, 3.8) is 0 Å². The second-order valence-electron chi connectivity index (χ2n) is 8.38. The summed E-state index contributed by atoms with van der Waals surface area (Å²) in [6.07, 6.45) is 1.77. The van der Waals surface area contributed by atoms with Gasteiger partial charge in [-0.15, -0.1) is 0 Å². The van der Waals surface area contributed by atoms with Crippen molar-refractivity contribution in [2.75, 3.05) is 30.0 Å². The van der Waals surface area contributed by atoms with E-state index in [4.69, 9.17) is 26.4 Å². The van der Waals surface area contributed by atoms with Crippen LogP contribution in [0.3, 0.4) is 0 Å². The highest BCUT2D eigenvalue weighted by Gasteiger charge is 2.33. The Morgan fingerprint density at radius 1 is 1.00 bits per heavy atom. The highest BCUT2D eigenvalue weighted by molar-refractivity contribution is 9.10. The first-order valence-corrected chi connectivity index (χ1v) is 14.3. The minimum absolute atomic E-state index is 0.185. The normalized spacial score (nSPS) is 14.1. The molecular formula is C29H27BrN2O5S2. The Kier molecular flexibility index (Phi) is 9.66. The van der Waals surface area contributed by atoms with Gasteiger partial charge in [0.25, 0.3) is 11.8 Å². The number of thioether (sulfide) groups is 1. The summed E-state index contributed by atoms with van der Waals surface area (Å²) in [5, 5.41) is 2.86. The Morgan fingerprint density at radius 2 is 1.74 bits per heavy atom. The average Bonchev–Trinajstić information content (AvgIpc) is 3.18. The van der Waals surface area contributed by atoms with Gasteiger partial charge in [-0.3, -0.25) is 14.5 Å². The van der Waals surface area contributed by atoms with E-state index in [1.54, 1.807) is 24.3 Å². The fraction of sp³-hybridized carbons (Fsp3) is 0.207. The lowest BCUT2D eigenvalue weighted by Crippen LogP contribution is -2.27. The standard InChI is InChI=1S/C29H27BrN2O5S2/c1-4-35-22-10-8-21(9-11-22)32-28(34)26(39-29(32)38)16-19-6-13-24(25(15-19)36-5-2)37-17-27(33)31-23-12-7-20(30)14-18(23)3/h6-16H,4-5,17H2,1-3H3,(H,31,33)/b26-16-. The van der Waals surface area contributed by atoms with Crippen LogP contribution in [-0.2, 0) is 9.59 Å². The molecule has 0 atom stereocenters. The Hall–Kier alpha value is -3.34. The van der Waals surface area contributed by atoms with Gasteiger partial charge < -0.3 is 19.5 Å². The minimum atomic E-state index is -0.287. The monoisotopic (exact) mass is 626 g/mol. The van der Waals surface area contributed by atoms with Crippen LogP contribution in [0.25, 0.3) is 6.08 Å². The van der Waals surface area contributed by atoms with Crippen molar-refractivity contribution in [1.29, 1.82) is 0 Å². The van der Waals surface area contributed by atoms with Crippen LogP contribution in [0.4, 0.5) is 11.4 Å². The third kappa shape index (κ3) is 7.20. The zero-order valence-electron chi connectivity index (χ0n) is 21.7. The maximum atomic E-state index is 13.2. The molecule has 1 heterocycles. The molecule has 3 aromatic rings. The van der Waals surface area contributed by atoms with Crippen molar-refractivity contribution in [2.45, 2.75) is 20.8 Å². The van der Waals surface area contributed by atoms with Gasteiger partial charge in [-0.2, -0.15) is 0 Å². The molecule has 202 valence electrons. The number of rotatable bonds is 10. The first-order valence-electron chi connectivity index (χ1n) is 12.3. The molecule has 1 aliphatic rings. The van der Waals surface area contributed by atoms with Crippen LogP contribution >= 0.6 is 39.9 Å². The van der Waals surface area contributed by atoms with Crippen LogP contribution < -0.4 is 24.4 Å². The molecule has 0 aromatic heterocycles. The Balaban J connectivity index is 1.46. The highest BCUT2D eigenvalue weighted by atomic mass is 79.9. The van der Waals surface area contributed by atoms with E-state index in [-0.39, 0.29) is 18.4 Å². The van der Waals surface area contributed by atoms with Crippen LogP contribution in [0.5, 0.6) is 17.2 Å². The molecular weight excluding hydrogens is 600 g/mol. The fourth-order valence-corrected chi connectivity index (χ4v) is 5.57. The van der Waals surface area contributed by atoms with Gasteiger partial charge in [-0.25, -0.2) is 0 Å². The van der Waals surface area contributed by atoms with Gasteiger partial charge in [0.1, 0.15) is 5.75 Å². The number of hydrogen-bond donors (Lipinski definition) is 1. The molecule has 0 bridgehead atoms. The number of benzene rings is 3. The van der Waals surface area contributed by atoms with Gasteiger partial charge in [0.2, 0.25) is 0 Å². The van der Waals surface area contributed by atoms with Gasteiger partial charge >= 0.3 is 0 Å². The Morgan fingerprint density at radius 3 is 2.44 bits per heavy atom. The van der Waals surface area contributed by atoms with E-state index in [9.17, 15) is 9.59 Å². The molecule has 2 amide bonds. The second kappa shape index (κ2) is 13.1. The van der Waals surface area contributed by atoms with Gasteiger partial charge in [0.15, 0.2) is 22.4 Å². The van der Waals surface area contributed by atoms with Crippen LogP contribution in [0, 0.1) is 6.92 Å². The maximum absolute atomic E-state index is 13.2. The molecule has 0 radical (unpaired) electrons. The molecule has 1 saturated heterocycles. The number of carbonyl (C=O) groups is 2. The number of nitrogens with one attached hydrogen (secondary N) is 1. The summed E-state index contributed by atoms with van der Waals surface area (Å²) in [6, 6.07) is 18.2. The summed E-state index contributed by atoms with van der Waals surface area (Å²) in [6.45, 7) is 6.48. The molecule has 1 N–H and O–H groups in total. The van der Waals surface area contributed by atoms with E-state index >= 15 is 0 Å². The zero-order valence-corrected chi connectivity index (χ0v) is 24.9. The van der Waals surface area contributed by atoms with Crippen molar-refractivity contribution < 1.29 is 23.8 Å². The predicted octanol–water partition coefficient (Wildman–Crippen LogP) is 6.98. The number of hydrogen-bond acceptors (Lipinski definition) is 7. The number of carbonyl (C=O) groups excluding carboxylic acids is 2. The van der Waals surface area contributed by atoms with Crippen molar-refractivity contribution >= 4 is 73.5 Å². The van der Waals surface area contributed by atoms with Crippen molar-refractivity contribution in [3.05, 3.63) is 81.2 Å². The van der Waals surface area contributed by atoms with Gasteiger partial charge in [0.05, 0.1) is 23.8 Å². The molecule has 7 nitrogen and oxygen atoms in total. The zero-order chi connectivity index (χ0) is 27.9. The van der Waals surface area contributed by atoms with Gasteiger partial charge in [-0.1, -0.05) is 46.0 Å². The minimum Gasteiger partial charge on any atom is -0.494 e. The smallest absolute Gasteiger partial charge is 0.270 e. The highest BCUT2D eigenvalue weighted by Crippen LogP contribution is 2.37. The molecule has 1 fully saturated rings. The van der Waals surface area contributed by atoms with E-state index in [1.807, 2.05) is 63.2 Å². The van der Waals surface area contributed by atoms with Crippen LogP contribution in [0.15, 0.2) is 70.0 Å². The fourth-order valence-electron chi connectivity index (χ4n) is 3.80. The van der Waals surface area contributed by atoms with Crippen LogP contribution in [0.1, 0.15) is 25.0 Å². The van der Waals surface area contributed by atoms with Crippen molar-refractivity contribution in [1.82, 2.24) is 0 Å². The topological polar surface area (TPSA) is 77.1 Å². The van der Waals surface area contributed by atoms with E-state index in [0.717, 1.165) is 27.0 Å². The number of thiocarbonyl (C=S) groups is 1. The van der Waals surface area contributed by atoms with Crippen LogP contribution in [-0.4, -0.2) is 36.0 Å². The van der Waals surface area contributed by atoms with Crippen molar-refractivity contribution in [3.8, 4) is 17.2 Å². The Labute approximate surface area is 245 Å². The van der Waals surface area contributed by atoms with E-state index in [2.05, 4.69) is 21.2 Å². The summed E-state index contributed by atoms with van der Waals surface area (Å²) < 4.78 is 18.4. The summed E-state index contributed by atoms with van der Waals surface area (Å²) in [7, 11) is 0. The number of amides is 2. The molecule has 39 heavy (non-hydrogen) atoms. The molecule has 0 aliphatic carbocycles. The van der Waals surface area contributed by atoms with E-state index < -0.39 is 0 Å². The molecule has 0 unspecified atom stereocenters. The summed E-state index contributed by atoms with van der Waals surface area (Å²) in [4.78, 5) is 27.7. The molecule has 0 saturated carbocycles. The van der Waals surface area contributed by atoms with E-state index in [1.165, 1.54) is 16.7 Å². The lowest BCUT2D eigenvalue weighted by atomic mass is 10.1. The summed E-state index contributed by atoms with van der Waals surface area (Å²) >= 11 is 10.2. The third-order valence-electron chi connectivity index (χ3n) is 5.59. The number of nitrogens with zero attached hydrogens (tertiary/aromatic N) is 1. The SMILES string of the molecule is CCOc1ccc(N2C(=O)/C(=C/c3ccc(OCC(=O)Nc4ccc(Br)cc4C)c(OCC)c3)SC2=S)cc1. The first-order chi connectivity index (χ1) is 18.8. The number of anilines is 2. The second-order valence-corrected chi connectivity index (χ2v) is 11.0. The molecule has 1 aliphatic heterocycles. The Bertz CT molecular complexity index is 1430. The molecule has 3 aromatic carbocycles. The van der Waals surface area contributed by atoms with Gasteiger partial charge in [-0.05, 0) is 92.6 Å². The van der Waals surface area contributed by atoms with Crippen molar-refractivity contribution in [2.24, 2.45) is 0 Å². The lowest BCUT2D eigenvalue weighted by molar-refractivity contribution is -0.118. The van der Waals surface area contributed by atoms with Crippen LogP contribution in [0.2, 0.25) is 0 Å². The summed E-state index contributed by atoms with van der Waals surface area (Å²) in [5.74, 6) is 1.14. The summed E-state index contributed by atoms with van der Waals surface area (Å²) in [5.41, 5.74) is 3.08. The number of halogens is 1. The maximum Gasteiger partial charge on any atom is 0.270 e. The lowest BCUT2D eigenvalue weighted by Gasteiger charge is -2.15.